The van der Waals surface area contributed by atoms with Crippen LogP contribution in [0.15, 0.2) is 42.7 Å². The first-order chi connectivity index (χ1) is 10.2. The van der Waals surface area contributed by atoms with E-state index in [0.717, 1.165) is 22.6 Å². The van der Waals surface area contributed by atoms with Crippen molar-refractivity contribution >= 4 is 17.4 Å². The molecular weight excluding hydrogens is 286 g/mol. The summed E-state index contributed by atoms with van der Waals surface area (Å²) in [6.45, 7) is 0. The molecular formula is C15H14ClN5. The highest BCUT2D eigenvalue weighted by Crippen LogP contribution is 2.25. The molecule has 0 radical (unpaired) electrons. The van der Waals surface area contributed by atoms with Crippen LogP contribution in [0.4, 0.5) is 5.82 Å². The van der Waals surface area contributed by atoms with Gasteiger partial charge in [-0.15, -0.1) is 0 Å². The molecule has 2 heterocycles. The van der Waals surface area contributed by atoms with Gasteiger partial charge < -0.3 is 5.32 Å². The highest BCUT2D eigenvalue weighted by atomic mass is 35.5. The van der Waals surface area contributed by atoms with Gasteiger partial charge >= 0.3 is 0 Å². The van der Waals surface area contributed by atoms with Crippen molar-refractivity contribution in [2.75, 3.05) is 12.4 Å². The van der Waals surface area contributed by atoms with Crippen LogP contribution in [0.5, 0.6) is 0 Å². The maximum atomic E-state index is 5.93. The predicted octanol–water partition coefficient (Wildman–Crippen LogP) is 3.24. The maximum Gasteiger partial charge on any atom is 0.165 e. The quantitative estimate of drug-likeness (QED) is 0.806. The lowest BCUT2D eigenvalue weighted by molar-refractivity contribution is 0.768. The summed E-state index contributed by atoms with van der Waals surface area (Å²) in [4.78, 5) is 9.09. The number of aryl methyl sites for hydroxylation is 1. The fraction of sp³-hybridized carbons (Fsp3) is 0.133. The Bertz CT molecular complexity index is 764. The number of nitrogens with zero attached hydrogens (tertiary/aromatic N) is 4. The van der Waals surface area contributed by atoms with Crippen LogP contribution in [-0.4, -0.2) is 26.8 Å². The molecule has 6 heteroatoms. The van der Waals surface area contributed by atoms with Crippen LogP contribution in [0.2, 0.25) is 5.02 Å². The van der Waals surface area contributed by atoms with Gasteiger partial charge in [-0.05, 0) is 12.1 Å². The number of hydrogen-bond donors (Lipinski definition) is 1. The van der Waals surface area contributed by atoms with E-state index >= 15 is 0 Å². The van der Waals surface area contributed by atoms with Gasteiger partial charge in [-0.1, -0.05) is 23.7 Å². The second-order valence-electron chi connectivity index (χ2n) is 4.62. The topological polar surface area (TPSA) is 55.6 Å². The van der Waals surface area contributed by atoms with Crippen LogP contribution < -0.4 is 5.32 Å². The molecule has 0 spiro atoms. The third-order valence-corrected chi connectivity index (χ3v) is 3.34. The molecule has 0 bridgehead atoms. The average Bonchev–Trinajstić information content (AvgIpc) is 2.94. The van der Waals surface area contributed by atoms with Gasteiger partial charge in [0, 0.05) is 36.9 Å². The summed E-state index contributed by atoms with van der Waals surface area (Å²) < 4.78 is 1.73. The summed E-state index contributed by atoms with van der Waals surface area (Å²) in [6.07, 6.45) is 3.64. The first kappa shape index (κ1) is 13.6. The number of hydrogen-bond acceptors (Lipinski definition) is 4. The smallest absolute Gasteiger partial charge is 0.165 e. The molecule has 0 amide bonds. The first-order valence-corrected chi connectivity index (χ1v) is 6.85. The molecule has 3 aromatic rings. The molecule has 2 aromatic heterocycles. The number of rotatable bonds is 3. The van der Waals surface area contributed by atoms with Crippen molar-refractivity contribution < 1.29 is 0 Å². The normalized spacial score (nSPS) is 10.6. The zero-order valence-corrected chi connectivity index (χ0v) is 12.5. The first-order valence-electron chi connectivity index (χ1n) is 6.47. The zero-order chi connectivity index (χ0) is 14.8. The van der Waals surface area contributed by atoms with Crippen molar-refractivity contribution in [1.82, 2.24) is 19.7 Å². The van der Waals surface area contributed by atoms with Gasteiger partial charge in [0.1, 0.15) is 5.82 Å². The van der Waals surface area contributed by atoms with Gasteiger partial charge in [0.25, 0.3) is 0 Å². The van der Waals surface area contributed by atoms with Crippen LogP contribution in [0.1, 0.15) is 0 Å². The Balaban J connectivity index is 2.10. The van der Waals surface area contributed by atoms with E-state index in [1.165, 1.54) is 0 Å². The van der Waals surface area contributed by atoms with Crippen LogP contribution >= 0.6 is 11.6 Å². The van der Waals surface area contributed by atoms with E-state index in [0.29, 0.717) is 10.8 Å². The summed E-state index contributed by atoms with van der Waals surface area (Å²) >= 11 is 5.93. The van der Waals surface area contributed by atoms with Gasteiger partial charge in [-0.25, -0.2) is 9.97 Å². The van der Waals surface area contributed by atoms with Crippen molar-refractivity contribution in [3.8, 4) is 22.6 Å². The Hall–Kier alpha value is -2.40. The molecule has 0 unspecified atom stereocenters. The molecule has 5 nitrogen and oxygen atoms in total. The Morgan fingerprint density at radius 2 is 1.86 bits per heavy atom. The molecule has 0 saturated heterocycles. The van der Waals surface area contributed by atoms with Crippen molar-refractivity contribution in [3.63, 3.8) is 0 Å². The molecule has 0 aliphatic rings. The summed E-state index contributed by atoms with van der Waals surface area (Å²) in [5.41, 5.74) is 2.71. The second-order valence-corrected chi connectivity index (χ2v) is 5.06. The molecule has 106 valence electrons. The lowest BCUT2D eigenvalue weighted by Gasteiger charge is -2.07. The van der Waals surface area contributed by atoms with Crippen molar-refractivity contribution in [1.29, 1.82) is 0 Å². The van der Waals surface area contributed by atoms with Crippen molar-refractivity contribution in [3.05, 3.63) is 47.7 Å². The third-order valence-electron chi connectivity index (χ3n) is 3.09. The number of nitrogens with one attached hydrogen (secondary N) is 1. The van der Waals surface area contributed by atoms with E-state index in [2.05, 4.69) is 20.4 Å². The second kappa shape index (κ2) is 5.54. The van der Waals surface area contributed by atoms with Crippen LogP contribution in [0, 0.1) is 0 Å². The monoisotopic (exact) mass is 299 g/mol. The summed E-state index contributed by atoms with van der Waals surface area (Å²) in [6, 6.07) is 9.49. The predicted molar refractivity (Wildman–Crippen MR) is 84.2 cm³/mol. The maximum absolute atomic E-state index is 5.93. The van der Waals surface area contributed by atoms with Gasteiger partial charge in [0.2, 0.25) is 0 Å². The molecule has 0 aliphatic carbocycles. The molecule has 1 N–H and O–H groups in total. The minimum atomic E-state index is 0.639. The number of halogens is 1. The SMILES string of the molecule is CNc1cc(-c2ccc(Cl)cc2)nc(-c2cnn(C)c2)n1. The third kappa shape index (κ3) is 2.87. The fourth-order valence-corrected chi connectivity index (χ4v) is 2.14. The standard InChI is InChI=1S/C15H14ClN5/c1-17-14-7-13(10-3-5-12(16)6-4-10)19-15(20-14)11-8-18-21(2)9-11/h3-9H,1-2H3,(H,17,19,20). The highest BCUT2D eigenvalue weighted by Gasteiger charge is 2.09. The average molecular weight is 300 g/mol. The summed E-state index contributed by atoms with van der Waals surface area (Å²) in [5.74, 6) is 1.40. The van der Waals surface area contributed by atoms with Crippen LogP contribution in [0.3, 0.4) is 0 Å². The minimum Gasteiger partial charge on any atom is -0.373 e. The molecule has 3 rings (SSSR count). The molecule has 21 heavy (non-hydrogen) atoms. The fourth-order valence-electron chi connectivity index (χ4n) is 2.01. The largest absolute Gasteiger partial charge is 0.373 e. The molecule has 0 fully saturated rings. The van der Waals surface area contributed by atoms with E-state index < -0.39 is 0 Å². The Morgan fingerprint density at radius 3 is 2.48 bits per heavy atom. The number of aromatic nitrogens is 4. The number of benzene rings is 1. The van der Waals surface area contributed by atoms with Gasteiger partial charge in [0.05, 0.1) is 17.5 Å². The lowest BCUT2D eigenvalue weighted by atomic mass is 10.1. The molecule has 0 atom stereocenters. The minimum absolute atomic E-state index is 0.639. The Labute approximate surface area is 127 Å². The van der Waals surface area contributed by atoms with E-state index in [9.17, 15) is 0 Å². The lowest BCUT2D eigenvalue weighted by Crippen LogP contribution is -1.98. The van der Waals surface area contributed by atoms with Crippen molar-refractivity contribution in [2.45, 2.75) is 0 Å². The Morgan fingerprint density at radius 1 is 1.10 bits per heavy atom. The van der Waals surface area contributed by atoms with Crippen molar-refractivity contribution in [2.24, 2.45) is 7.05 Å². The van der Waals surface area contributed by atoms with Crippen LogP contribution in [0.25, 0.3) is 22.6 Å². The summed E-state index contributed by atoms with van der Waals surface area (Å²) in [7, 11) is 3.70. The van der Waals surface area contributed by atoms with E-state index in [1.54, 1.807) is 10.9 Å². The Kier molecular flexibility index (Phi) is 3.58. The van der Waals surface area contributed by atoms with E-state index in [-0.39, 0.29) is 0 Å². The molecule has 1 aromatic carbocycles. The highest BCUT2D eigenvalue weighted by molar-refractivity contribution is 6.30. The summed E-state index contributed by atoms with van der Waals surface area (Å²) in [5, 5.41) is 7.93. The van der Waals surface area contributed by atoms with Gasteiger partial charge in [-0.3, -0.25) is 4.68 Å². The van der Waals surface area contributed by atoms with Gasteiger partial charge in [0.15, 0.2) is 5.82 Å². The number of anilines is 1. The zero-order valence-electron chi connectivity index (χ0n) is 11.7. The molecule has 0 saturated carbocycles. The van der Waals surface area contributed by atoms with E-state index in [4.69, 9.17) is 11.6 Å². The van der Waals surface area contributed by atoms with Gasteiger partial charge in [-0.2, -0.15) is 5.10 Å². The molecule has 0 aliphatic heterocycles. The van der Waals surface area contributed by atoms with Crippen LogP contribution in [-0.2, 0) is 7.05 Å². The van der Waals surface area contributed by atoms with E-state index in [1.807, 2.05) is 50.6 Å².